The molecule has 1 unspecified atom stereocenters. The van der Waals surface area contributed by atoms with Gasteiger partial charge in [0.25, 0.3) is 0 Å². The normalized spacial score (nSPS) is 13.6. The highest BCUT2D eigenvalue weighted by Gasteiger charge is 2.39. The highest BCUT2D eigenvalue weighted by molar-refractivity contribution is 6.34. The number of hydrogen-bond acceptors (Lipinski definition) is 6. The van der Waals surface area contributed by atoms with Gasteiger partial charge >= 0.3 is 11.9 Å². The maximum absolute atomic E-state index is 13.1. The SMILES string of the molecule is CC(O)c1nc(Cn2nc(-c3ccc(Cl)cc3)n(C[C@H](O)C(F)(F)F)c2=O)nn1-c1cc(Cl)cc(Cl)c1. The molecule has 15 heteroatoms. The second kappa shape index (κ2) is 10.5. The molecule has 0 aliphatic carbocycles. The Bertz CT molecular complexity index is 1460. The smallest absolute Gasteiger partial charge is 0.385 e. The van der Waals surface area contributed by atoms with Gasteiger partial charge in [0.1, 0.15) is 12.6 Å². The van der Waals surface area contributed by atoms with Crippen LogP contribution in [0.4, 0.5) is 13.2 Å². The van der Waals surface area contributed by atoms with Crippen molar-refractivity contribution < 1.29 is 23.4 Å². The zero-order valence-electron chi connectivity index (χ0n) is 18.9. The monoisotopic (exact) mass is 576 g/mol. The van der Waals surface area contributed by atoms with Crippen LogP contribution in [0.3, 0.4) is 0 Å². The van der Waals surface area contributed by atoms with Gasteiger partial charge < -0.3 is 10.2 Å². The molecule has 0 amide bonds. The van der Waals surface area contributed by atoms with Crippen LogP contribution in [-0.4, -0.2) is 51.6 Å². The molecule has 4 rings (SSSR count). The minimum atomic E-state index is -4.95. The fourth-order valence-corrected chi connectivity index (χ4v) is 4.13. The molecule has 0 aliphatic heterocycles. The first-order valence-electron chi connectivity index (χ1n) is 10.6. The van der Waals surface area contributed by atoms with Crippen LogP contribution in [0, 0.1) is 0 Å². The molecule has 0 radical (unpaired) electrons. The van der Waals surface area contributed by atoms with Crippen molar-refractivity contribution >= 4 is 34.8 Å². The third kappa shape index (κ3) is 5.99. The Balaban J connectivity index is 1.78. The summed E-state index contributed by atoms with van der Waals surface area (Å²) in [6, 6.07) is 10.5. The summed E-state index contributed by atoms with van der Waals surface area (Å²) in [4.78, 5) is 17.4. The van der Waals surface area contributed by atoms with Gasteiger partial charge in [0.15, 0.2) is 23.6 Å². The Morgan fingerprint density at radius 3 is 2.16 bits per heavy atom. The summed E-state index contributed by atoms with van der Waals surface area (Å²) < 4.78 is 42.1. The summed E-state index contributed by atoms with van der Waals surface area (Å²) in [6.07, 6.45) is -8.84. The van der Waals surface area contributed by atoms with Gasteiger partial charge in [-0.15, -0.1) is 10.2 Å². The van der Waals surface area contributed by atoms with E-state index in [4.69, 9.17) is 34.8 Å². The summed E-state index contributed by atoms with van der Waals surface area (Å²) in [6.45, 7) is 0.0200. The number of hydrogen-bond donors (Lipinski definition) is 2. The predicted octanol–water partition coefficient (Wildman–Crippen LogP) is 4.28. The van der Waals surface area contributed by atoms with E-state index in [0.717, 1.165) is 4.68 Å². The van der Waals surface area contributed by atoms with Gasteiger partial charge in [-0.2, -0.15) is 13.2 Å². The van der Waals surface area contributed by atoms with Gasteiger partial charge in [-0.25, -0.2) is 19.1 Å². The summed E-state index contributed by atoms with van der Waals surface area (Å²) in [5.74, 6) is 0.00535. The molecular formula is C22H18Cl3F3N6O3. The van der Waals surface area contributed by atoms with E-state index in [0.29, 0.717) is 30.9 Å². The van der Waals surface area contributed by atoms with E-state index in [-0.39, 0.29) is 24.0 Å². The number of benzene rings is 2. The largest absolute Gasteiger partial charge is 0.416 e. The minimum absolute atomic E-state index is 0.0257. The molecule has 2 aromatic carbocycles. The lowest BCUT2D eigenvalue weighted by molar-refractivity contribution is -0.207. The highest BCUT2D eigenvalue weighted by Crippen LogP contribution is 2.26. The third-order valence-electron chi connectivity index (χ3n) is 5.19. The number of alkyl halides is 3. The molecule has 0 fully saturated rings. The van der Waals surface area contributed by atoms with Crippen LogP contribution in [-0.2, 0) is 13.1 Å². The van der Waals surface area contributed by atoms with Crippen molar-refractivity contribution in [2.75, 3.05) is 0 Å². The van der Waals surface area contributed by atoms with Gasteiger partial charge in [-0.3, -0.25) is 4.57 Å². The summed E-state index contributed by atoms with van der Waals surface area (Å²) in [7, 11) is 0. The standard InChI is InChI=1S/C22H18Cl3F3N6O3/c1-11(35)19-29-18(30-34(19)16-7-14(24)6-15(25)8-16)10-33-21(37)32(9-17(36)22(26,27)28)20(31-33)12-2-4-13(23)5-3-12/h2-8,11,17,35-36H,9-10H2,1H3/t11?,17-/m0/s1. The van der Waals surface area contributed by atoms with Crippen LogP contribution in [0.2, 0.25) is 15.1 Å². The maximum atomic E-state index is 13.1. The van der Waals surface area contributed by atoms with Gasteiger partial charge in [0.05, 0.1) is 12.2 Å². The molecule has 37 heavy (non-hydrogen) atoms. The molecule has 2 atom stereocenters. The lowest BCUT2D eigenvalue weighted by atomic mass is 10.2. The summed E-state index contributed by atoms with van der Waals surface area (Å²) in [5, 5.41) is 29.3. The van der Waals surface area contributed by atoms with Crippen molar-refractivity contribution in [2.45, 2.75) is 38.4 Å². The Kier molecular flexibility index (Phi) is 7.67. The van der Waals surface area contributed by atoms with Gasteiger partial charge in [0, 0.05) is 20.6 Å². The van der Waals surface area contributed by atoms with E-state index in [1.165, 1.54) is 54.1 Å². The molecule has 2 aromatic heterocycles. The Hall–Kier alpha value is -2.90. The lowest BCUT2D eigenvalue weighted by Crippen LogP contribution is -2.37. The third-order valence-corrected chi connectivity index (χ3v) is 5.88. The minimum Gasteiger partial charge on any atom is -0.385 e. The van der Waals surface area contributed by atoms with Crippen molar-refractivity contribution in [1.29, 1.82) is 0 Å². The summed E-state index contributed by atoms with van der Waals surface area (Å²) >= 11 is 18.1. The van der Waals surface area contributed by atoms with Crippen LogP contribution in [0.25, 0.3) is 17.1 Å². The average molecular weight is 578 g/mol. The fraction of sp³-hybridized carbons (Fsp3) is 0.273. The fourth-order valence-electron chi connectivity index (χ4n) is 3.49. The lowest BCUT2D eigenvalue weighted by Gasteiger charge is -2.15. The summed E-state index contributed by atoms with van der Waals surface area (Å²) in [5.41, 5.74) is -0.250. The molecular weight excluding hydrogens is 560 g/mol. The van der Waals surface area contributed by atoms with E-state index >= 15 is 0 Å². The van der Waals surface area contributed by atoms with Crippen molar-refractivity contribution in [3.63, 3.8) is 0 Å². The molecule has 196 valence electrons. The second-order valence-electron chi connectivity index (χ2n) is 8.04. The number of halogens is 6. The van der Waals surface area contributed by atoms with Gasteiger partial charge in [-0.05, 0) is 49.4 Å². The first-order valence-corrected chi connectivity index (χ1v) is 11.8. The molecule has 0 bridgehead atoms. The van der Waals surface area contributed by atoms with Gasteiger partial charge in [-0.1, -0.05) is 34.8 Å². The van der Waals surface area contributed by atoms with Crippen LogP contribution in [0.1, 0.15) is 24.7 Å². The first kappa shape index (κ1) is 27.1. The van der Waals surface area contributed by atoms with Crippen LogP contribution < -0.4 is 5.69 Å². The maximum Gasteiger partial charge on any atom is 0.416 e. The van der Waals surface area contributed by atoms with Crippen molar-refractivity contribution in [2.24, 2.45) is 0 Å². The number of aliphatic hydroxyl groups excluding tert-OH is 2. The van der Waals surface area contributed by atoms with E-state index in [2.05, 4.69) is 15.2 Å². The van der Waals surface area contributed by atoms with Crippen molar-refractivity contribution in [1.82, 2.24) is 29.1 Å². The molecule has 0 aliphatic rings. The van der Waals surface area contributed by atoms with E-state index in [1.807, 2.05) is 0 Å². The first-order chi connectivity index (χ1) is 17.3. The quantitative estimate of drug-likeness (QED) is 0.339. The van der Waals surface area contributed by atoms with Crippen molar-refractivity contribution in [3.05, 3.63) is 79.7 Å². The Morgan fingerprint density at radius 1 is 0.973 bits per heavy atom. The molecule has 0 saturated heterocycles. The molecule has 0 spiro atoms. The van der Waals surface area contributed by atoms with E-state index < -0.39 is 30.6 Å². The van der Waals surface area contributed by atoms with E-state index in [1.54, 1.807) is 0 Å². The molecule has 9 nitrogen and oxygen atoms in total. The zero-order valence-corrected chi connectivity index (χ0v) is 21.1. The Morgan fingerprint density at radius 2 is 1.59 bits per heavy atom. The number of aromatic nitrogens is 6. The number of rotatable bonds is 7. The van der Waals surface area contributed by atoms with E-state index in [9.17, 15) is 28.2 Å². The molecule has 2 N–H and O–H groups in total. The van der Waals surface area contributed by atoms with Crippen molar-refractivity contribution in [3.8, 4) is 17.1 Å². The molecule has 2 heterocycles. The topological polar surface area (TPSA) is 111 Å². The molecule has 4 aromatic rings. The predicted molar refractivity (Wildman–Crippen MR) is 130 cm³/mol. The number of aliphatic hydroxyl groups is 2. The van der Waals surface area contributed by atoms with Crippen LogP contribution >= 0.6 is 34.8 Å². The number of nitrogens with zero attached hydrogens (tertiary/aromatic N) is 6. The zero-order chi connectivity index (χ0) is 27.1. The van der Waals surface area contributed by atoms with Crippen LogP contribution in [0.15, 0.2) is 47.3 Å². The Labute approximate surface area is 222 Å². The van der Waals surface area contributed by atoms with Crippen LogP contribution in [0.5, 0.6) is 0 Å². The van der Waals surface area contributed by atoms with Gasteiger partial charge in [0.2, 0.25) is 0 Å². The second-order valence-corrected chi connectivity index (χ2v) is 9.35. The molecule has 0 saturated carbocycles. The average Bonchev–Trinajstić information content (AvgIpc) is 3.36. The highest BCUT2D eigenvalue weighted by atomic mass is 35.5.